The molecule has 8 heteroatoms. The van der Waals surface area contributed by atoms with Gasteiger partial charge in [0.2, 0.25) is 5.91 Å². The van der Waals surface area contributed by atoms with E-state index in [1.807, 2.05) is 11.8 Å². The molecular weight excluding hydrogens is 322 g/mol. The Morgan fingerprint density at radius 1 is 1.44 bits per heavy atom. The van der Waals surface area contributed by atoms with Gasteiger partial charge in [-0.15, -0.1) is 0 Å². The Hall–Kier alpha value is -2.64. The van der Waals surface area contributed by atoms with Crippen LogP contribution >= 0.6 is 0 Å². The van der Waals surface area contributed by atoms with Gasteiger partial charge in [-0.1, -0.05) is 12.1 Å². The van der Waals surface area contributed by atoms with Crippen LogP contribution in [-0.2, 0) is 17.8 Å². The summed E-state index contributed by atoms with van der Waals surface area (Å²) in [6.45, 7) is 5.07. The summed E-state index contributed by atoms with van der Waals surface area (Å²) in [5.74, 6) is 0.981. The molecule has 0 spiro atoms. The van der Waals surface area contributed by atoms with Gasteiger partial charge in [0.15, 0.2) is 0 Å². The van der Waals surface area contributed by atoms with Crippen LogP contribution in [0.5, 0.6) is 0 Å². The molecular formula is C17H23N5O3. The molecule has 0 aromatic carbocycles. The molecule has 1 unspecified atom stereocenters. The lowest BCUT2D eigenvalue weighted by Gasteiger charge is -2.32. The summed E-state index contributed by atoms with van der Waals surface area (Å²) in [6, 6.07) is 0. The molecule has 134 valence electrons. The van der Waals surface area contributed by atoms with Gasteiger partial charge in [-0.2, -0.15) is 0 Å². The van der Waals surface area contributed by atoms with Crippen molar-refractivity contribution in [3.05, 3.63) is 35.2 Å². The zero-order valence-corrected chi connectivity index (χ0v) is 14.6. The second-order valence-corrected chi connectivity index (χ2v) is 6.38. The van der Waals surface area contributed by atoms with Crippen molar-refractivity contribution in [3.63, 3.8) is 0 Å². The number of hydrogen-bond acceptors (Lipinski definition) is 5. The summed E-state index contributed by atoms with van der Waals surface area (Å²) >= 11 is 0. The summed E-state index contributed by atoms with van der Waals surface area (Å²) < 4.78 is 6.96. The highest BCUT2D eigenvalue weighted by atomic mass is 16.5. The van der Waals surface area contributed by atoms with Gasteiger partial charge < -0.3 is 19.7 Å². The maximum Gasteiger partial charge on any atom is 0.259 e. The molecule has 3 heterocycles. The highest BCUT2D eigenvalue weighted by Gasteiger charge is 2.31. The SMILES string of the molecule is CCc1noc(C)c1C(=O)N1CCCC(c2nccn2CC(N)=O)C1. The molecule has 3 rings (SSSR count). The molecule has 0 aliphatic carbocycles. The van der Waals surface area contributed by atoms with Crippen LogP contribution in [0.4, 0.5) is 0 Å². The first-order valence-corrected chi connectivity index (χ1v) is 8.55. The normalized spacial score (nSPS) is 17.7. The van der Waals surface area contributed by atoms with Crippen molar-refractivity contribution < 1.29 is 14.1 Å². The number of aryl methyl sites for hydroxylation is 2. The Labute approximate surface area is 146 Å². The van der Waals surface area contributed by atoms with Crippen molar-refractivity contribution in [1.82, 2.24) is 19.6 Å². The van der Waals surface area contributed by atoms with Gasteiger partial charge in [0, 0.05) is 31.4 Å². The minimum atomic E-state index is -0.407. The highest BCUT2D eigenvalue weighted by molar-refractivity contribution is 5.96. The Morgan fingerprint density at radius 2 is 2.24 bits per heavy atom. The third kappa shape index (κ3) is 3.42. The topological polar surface area (TPSA) is 107 Å². The molecule has 2 N–H and O–H groups in total. The third-order valence-electron chi connectivity index (χ3n) is 4.63. The minimum absolute atomic E-state index is 0.0479. The number of carbonyl (C=O) groups is 2. The van der Waals surface area contributed by atoms with Crippen LogP contribution in [0.15, 0.2) is 16.9 Å². The molecule has 0 saturated carbocycles. The number of carbonyl (C=O) groups excluding carboxylic acids is 2. The number of nitrogens with zero attached hydrogens (tertiary/aromatic N) is 4. The summed E-state index contributed by atoms with van der Waals surface area (Å²) in [4.78, 5) is 30.4. The summed E-state index contributed by atoms with van der Waals surface area (Å²) in [5.41, 5.74) is 6.57. The molecule has 2 amide bonds. The van der Waals surface area contributed by atoms with Gasteiger partial charge in [0.05, 0.1) is 5.69 Å². The number of likely N-dealkylation sites (tertiary alicyclic amines) is 1. The number of piperidine rings is 1. The van der Waals surface area contributed by atoms with Crippen LogP contribution in [0.2, 0.25) is 0 Å². The maximum atomic E-state index is 13.0. The number of primary amides is 1. The highest BCUT2D eigenvalue weighted by Crippen LogP contribution is 2.28. The van der Waals surface area contributed by atoms with E-state index in [1.165, 1.54) is 0 Å². The molecule has 0 radical (unpaired) electrons. The zero-order valence-electron chi connectivity index (χ0n) is 14.6. The summed E-state index contributed by atoms with van der Waals surface area (Å²) in [5, 5.41) is 3.98. The zero-order chi connectivity index (χ0) is 18.0. The predicted octanol–water partition coefficient (Wildman–Crippen LogP) is 1.25. The van der Waals surface area contributed by atoms with Gasteiger partial charge in [-0.25, -0.2) is 4.98 Å². The smallest absolute Gasteiger partial charge is 0.259 e. The summed E-state index contributed by atoms with van der Waals surface area (Å²) in [7, 11) is 0. The summed E-state index contributed by atoms with van der Waals surface area (Å²) in [6.07, 6.45) is 5.87. The van der Waals surface area contributed by atoms with E-state index >= 15 is 0 Å². The lowest BCUT2D eigenvalue weighted by molar-refractivity contribution is -0.118. The van der Waals surface area contributed by atoms with Crippen LogP contribution in [0.1, 0.15) is 53.3 Å². The molecule has 0 bridgehead atoms. The van der Waals surface area contributed by atoms with E-state index in [-0.39, 0.29) is 18.4 Å². The standard InChI is InChI=1S/C17H23N5O3/c1-3-13-15(11(2)25-20-13)17(24)22-7-4-5-12(9-22)16-19-6-8-21(16)10-14(18)23/h6,8,12H,3-5,7,9-10H2,1-2H3,(H2,18,23). The molecule has 2 aromatic rings. The van der Waals surface area contributed by atoms with E-state index < -0.39 is 5.91 Å². The van der Waals surface area contributed by atoms with E-state index in [9.17, 15) is 9.59 Å². The van der Waals surface area contributed by atoms with Crippen molar-refractivity contribution in [3.8, 4) is 0 Å². The molecule has 25 heavy (non-hydrogen) atoms. The van der Waals surface area contributed by atoms with Crippen molar-refractivity contribution in [2.75, 3.05) is 13.1 Å². The van der Waals surface area contributed by atoms with Crippen LogP contribution < -0.4 is 5.73 Å². The van der Waals surface area contributed by atoms with E-state index in [4.69, 9.17) is 10.3 Å². The molecule has 1 atom stereocenters. The van der Waals surface area contributed by atoms with Crippen LogP contribution in [0.3, 0.4) is 0 Å². The van der Waals surface area contributed by atoms with E-state index in [0.29, 0.717) is 36.5 Å². The number of imidazole rings is 1. The minimum Gasteiger partial charge on any atom is -0.368 e. The fourth-order valence-electron chi connectivity index (χ4n) is 3.45. The Morgan fingerprint density at radius 3 is 2.96 bits per heavy atom. The van der Waals surface area contributed by atoms with Crippen molar-refractivity contribution in [1.29, 1.82) is 0 Å². The molecule has 2 aromatic heterocycles. The fraction of sp³-hybridized carbons (Fsp3) is 0.529. The number of amides is 2. The van der Waals surface area contributed by atoms with Gasteiger partial charge >= 0.3 is 0 Å². The van der Waals surface area contributed by atoms with E-state index in [2.05, 4.69) is 10.1 Å². The lowest BCUT2D eigenvalue weighted by Crippen LogP contribution is -2.40. The van der Waals surface area contributed by atoms with Crippen molar-refractivity contribution >= 4 is 11.8 Å². The Balaban J connectivity index is 1.80. The first-order chi connectivity index (χ1) is 12.0. The number of aromatic nitrogens is 3. The molecule has 1 fully saturated rings. The van der Waals surface area contributed by atoms with Crippen molar-refractivity contribution in [2.24, 2.45) is 5.73 Å². The van der Waals surface area contributed by atoms with Crippen molar-refractivity contribution in [2.45, 2.75) is 45.6 Å². The fourth-order valence-corrected chi connectivity index (χ4v) is 3.45. The number of hydrogen-bond donors (Lipinski definition) is 1. The average Bonchev–Trinajstić information content (AvgIpc) is 3.20. The first-order valence-electron chi connectivity index (χ1n) is 8.55. The molecule has 1 saturated heterocycles. The first kappa shape index (κ1) is 17.2. The average molecular weight is 345 g/mol. The Bertz CT molecular complexity index is 779. The van der Waals surface area contributed by atoms with Crippen LogP contribution in [0, 0.1) is 6.92 Å². The maximum absolute atomic E-state index is 13.0. The second-order valence-electron chi connectivity index (χ2n) is 6.38. The largest absolute Gasteiger partial charge is 0.368 e. The van der Waals surface area contributed by atoms with Gasteiger partial charge in [-0.3, -0.25) is 9.59 Å². The second kappa shape index (κ2) is 7.08. The molecule has 1 aliphatic heterocycles. The third-order valence-corrected chi connectivity index (χ3v) is 4.63. The monoisotopic (exact) mass is 345 g/mol. The van der Waals surface area contributed by atoms with Gasteiger partial charge in [0.1, 0.15) is 23.7 Å². The number of rotatable bonds is 5. The van der Waals surface area contributed by atoms with Crippen LogP contribution in [0.25, 0.3) is 0 Å². The number of nitrogens with two attached hydrogens (primary N) is 1. The predicted molar refractivity (Wildman–Crippen MR) is 89.9 cm³/mol. The van der Waals surface area contributed by atoms with Gasteiger partial charge in [0.25, 0.3) is 5.91 Å². The van der Waals surface area contributed by atoms with Crippen LogP contribution in [-0.4, -0.2) is 44.5 Å². The van der Waals surface area contributed by atoms with Gasteiger partial charge in [-0.05, 0) is 26.2 Å². The Kier molecular flexibility index (Phi) is 4.87. The molecule has 1 aliphatic rings. The lowest BCUT2D eigenvalue weighted by atomic mass is 9.96. The quantitative estimate of drug-likeness (QED) is 0.877. The van der Waals surface area contributed by atoms with E-state index in [0.717, 1.165) is 18.7 Å². The molecule has 8 nitrogen and oxygen atoms in total. The van der Waals surface area contributed by atoms with E-state index in [1.54, 1.807) is 23.9 Å².